The minimum atomic E-state index is -0.00746. The van der Waals surface area contributed by atoms with E-state index in [1.165, 1.54) is 98.7 Å². The molecule has 0 spiro atoms. The first-order valence-electron chi connectivity index (χ1n) is 17.3. The number of benzene rings is 9. The van der Waals surface area contributed by atoms with Crippen molar-refractivity contribution in [2.45, 2.75) is 19.3 Å². The van der Waals surface area contributed by atoms with Crippen LogP contribution >= 0.6 is 0 Å². The maximum absolute atomic E-state index is 2.37. The molecular weight excluding hydrogens is 589 g/mol. The summed E-state index contributed by atoms with van der Waals surface area (Å²) in [6.07, 6.45) is 0. The van der Waals surface area contributed by atoms with Gasteiger partial charge in [-0.3, -0.25) is 0 Å². The molecule has 0 amide bonds. The first-order valence-corrected chi connectivity index (χ1v) is 17.3. The second-order valence-corrected chi connectivity index (χ2v) is 14.0. The van der Waals surface area contributed by atoms with Crippen LogP contribution in [0.1, 0.15) is 25.0 Å². The molecule has 0 aliphatic heterocycles. The molecule has 0 radical (unpaired) electrons. The van der Waals surface area contributed by atoms with Gasteiger partial charge in [0.25, 0.3) is 0 Å². The van der Waals surface area contributed by atoms with Crippen LogP contribution in [-0.2, 0) is 5.41 Å². The van der Waals surface area contributed by atoms with Gasteiger partial charge in [0, 0.05) is 5.41 Å². The molecule has 49 heavy (non-hydrogen) atoms. The number of hydrogen-bond donors (Lipinski definition) is 0. The fraction of sp³-hybridized carbons (Fsp3) is 0.0612. The first kappa shape index (κ1) is 28.1. The van der Waals surface area contributed by atoms with Crippen LogP contribution in [0, 0.1) is 0 Å². The van der Waals surface area contributed by atoms with Crippen LogP contribution in [0.15, 0.2) is 170 Å². The summed E-state index contributed by atoms with van der Waals surface area (Å²) >= 11 is 0. The lowest BCUT2D eigenvalue weighted by Crippen LogP contribution is -2.14. The van der Waals surface area contributed by atoms with Crippen LogP contribution in [0.3, 0.4) is 0 Å². The van der Waals surface area contributed by atoms with Gasteiger partial charge in [0.15, 0.2) is 0 Å². The predicted octanol–water partition coefficient (Wildman–Crippen LogP) is 13.6. The summed E-state index contributed by atoms with van der Waals surface area (Å²) in [7, 11) is 0. The Kier molecular flexibility index (Phi) is 6.02. The zero-order valence-corrected chi connectivity index (χ0v) is 27.7. The Labute approximate surface area is 286 Å². The van der Waals surface area contributed by atoms with E-state index in [0.29, 0.717) is 0 Å². The molecule has 0 saturated carbocycles. The molecule has 230 valence electrons. The molecule has 0 aromatic heterocycles. The highest BCUT2D eigenvalue weighted by atomic mass is 14.4. The van der Waals surface area contributed by atoms with Gasteiger partial charge in [0.1, 0.15) is 0 Å². The van der Waals surface area contributed by atoms with E-state index in [9.17, 15) is 0 Å². The lowest BCUT2D eigenvalue weighted by atomic mass is 9.81. The molecule has 0 saturated heterocycles. The van der Waals surface area contributed by atoms with Crippen molar-refractivity contribution in [1.82, 2.24) is 0 Å². The van der Waals surface area contributed by atoms with Gasteiger partial charge in [-0.2, -0.15) is 0 Å². The van der Waals surface area contributed by atoms with Gasteiger partial charge in [-0.1, -0.05) is 184 Å². The molecule has 0 nitrogen and oxygen atoms in total. The summed E-state index contributed by atoms with van der Waals surface area (Å²) in [5, 5.41) is 10.3. The van der Waals surface area contributed by atoms with Gasteiger partial charge in [-0.25, -0.2) is 0 Å². The van der Waals surface area contributed by atoms with Crippen LogP contribution in [-0.4, -0.2) is 0 Å². The van der Waals surface area contributed by atoms with Gasteiger partial charge < -0.3 is 0 Å². The quantitative estimate of drug-likeness (QED) is 0.172. The van der Waals surface area contributed by atoms with E-state index in [1.54, 1.807) is 0 Å². The topological polar surface area (TPSA) is 0 Å². The summed E-state index contributed by atoms with van der Waals surface area (Å²) in [4.78, 5) is 0. The van der Waals surface area contributed by atoms with E-state index < -0.39 is 0 Å². The van der Waals surface area contributed by atoms with E-state index in [-0.39, 0.29) is 5.41 Å². The lowest BCUT2D eigenvalue weighted by molar-refractivity contribution is 0.661. The van der Waals surface area contributed by atoms with E-state index in [2.05, 4.69) is 184 Å². The third-order valence-electron chi connectivity index (χ3n) is 11.1. The van der Waals surface area contributed by atoms with E-state index in [4.69, 9.17) is 0 Å². The molecule has 0 N–H and O–H groups in total. The van der Waals surface area contributed by atoms with Crippen LogP contribution in [0.25, 0.3) is 87.6 Å². The lowest BCUT2D eigenvalue weighted by Gasteiger charge is -2.21. The van der Waals surface area contributed by atoms with Crippen molar-refractivity contribution in [3.63, 3.8) is 0 Å². The standard InChI is InChI=1S/C49H34/c1-49(2)44-24-10-9-20-43(44)48-38-23-12-21-34(36(38)29-30-45(48)49)32-25-27-33(28-26-32)46-39-16-5-7-18-41(39)47(42-19-8-6-17-40(42)46)37-22-11-14-31-13-3-4-15-35(31)37/h3-30H,1-2H3. The van der Waals surface area contributed by atoms with Crippen molar-refractivity contribution in [3.05, 3.63) is 181 Å². The predicted molar refractivity (Wildman–Crippen MR) is 210 cm³/mol. The van der Waals surface area contributed by atoms with Crippen molar-refractivity contribution in [2.24, 2.45) is 0 Å². The summed E-state index contributed by atoms with van der Waals surface area (Å²) in [5.41, 5.74) is 13.2. The molecule has 0 atom stereocenters. The monoisotopic (exact) mass is 622 g/mol. The third-order valence-corrected chi connectivity index (χ3v) is 11.1. The highest BCUT2D eigenvalue weighted by Gasteiger charge is 2.36. The Morgan fingerprint density at radius 3 is 1.51 bits per heavy atom. The average Bonchev–Trinajstić information content (AvgIpc) is 3.40. The van der Waals surface area contributed by atoms with Crippen molar-refractivity contribution in [3.8, 4) is 44.5 Å². The molecular formula is C49H34. The molecule has 9 aromatic rings. The van der Waals surface area contributed by atoms with E-state index in [0.717, 1.165) is 0 Å². The maximum atomic E-state index is 2.37. The Bertz CT molecular complexity index is 2720. The van der Waals surface area contributed by atoms with Crippen LogP contribution in [0.4, 0.5) is 0 Å². The summed E-state index contributed by atoms with van der Waals surface area (Å²) in [5.74, 6) is 0. The van der Waals surface area contributed by atoms with Crippen molar-refractivity contribution in [1.29, 1.82) is 0 Å². The van der Waals surface area contributed by atoms with Gasteiger partial charge in [-0.15, -0.1) is 0 Å². The van der Waals surface area contributed by atoms with E-state index in [1.807, 2.05) is 0 Å². The zero-order chi connectivity index (χ0) is 32.7. The molecule has 1 aliphatic carbocycles. The van der Waals surface area contributed by atoms with E-state index >= 15 is 0 Å². The molecule has 1 aliphatic rings. The van der Waals surface area contributed by atoms with Crippen LogP contribution in [0.5, 0.6) is 0 Å². The SMILES string of the molecule is CC1(C)c2ccccc2-c2c1ccc1c(-c3ccc(-c4c5ccccc5c(-c5cccc6ccccc56)c5ccccc45)cc3)cccc21. The molecule has 0 fully saturated rings. The number of rotatable bonds is 3. The third kappa shape index (κ3) is 4.04. The van der Waals surface area contributed by atoms with Crippen molar-refractivity contribution in [2.75, 3.05) is 0 Å². The van der Waals surface area contributed by atoms with Crippen LogP contribution in [0.2, 0.25) is 0 Å². The molecule has 0 heteroatoms. The number of hydrogen-bond acceptors (Lipinski definition) is 0. The first-order chi connectivity index (χ1) is 24.1. The highest BCUT2D eigenvalue weighted by Crippen LogP contribution is 2.52. The van der Waals surface area contributed by atoms with Gasteiger partial charge in [-0.05, 0) is 98.7 Å². The molecule has 9 aromatic carbocycles. The van der Waals surface area contributed by atoms with Gasteiger partial charge in [0.2, 0.25) is 0 Å². The molecule has 0 unspecified atom stereocenters. The Morgan fingerprint density at radius 2 is 0.776 bits per heavy atom. The Balaban J connectivity index is 1.16. The minimum absolute atomic E-state index is 0.00746. The maximum Gasteiger partial charge on any atom is 0.0159 e. The number of fused-ring (bicyclic) bond motifs is 8. The van der Waals surface area contributed by atoms with Crippen molar-refractivity contribution >= 4 is 43.1 Å². The minimum Gasteiger partial charge on any atom is -0.0619 e. The molecule has 0 heterocycles. The average molecular weight is 623 g/mol. The second kappa shape index (κ2) is 10.5. The van der Waals surface area contributed by atoms with Crippen molar-refractivity contribution < 1.29 is 0 Å². The van der Waals surface area contributed by atoms with Crippen LogP contribution < -0.4 is 0 Å². The smallest absolute Gasteiger partial charge is 0.0159 e. The summed E-state index contributed by atoms with van der Waals surface area (Å²) in [6.45, 7) is 4.71. The second-order valence-electron chi connectivity index (χ2n) is 14.0. The zero-order valence-electron chi connectivity index (χ0n) is 27.7. The Hall–Kier alpha value is -5.98. The summed E-state index contributed by atoms with van der Waals surface area (Å²) < 4.78 is 0. The highest BCUT2D eigenvalue weighted by molar-refractivity contribution is 6.23. The summed E-state index contributed by atoms with van der Waals surface area (Å²) in [6, 6.07) is 63.1. The van der Waals surface area contributed by atoms with Gasteiger partial charge in [0.05, 0.1) is 0 Å². The fourth-order valence-corrected chi connectivity index (χ4v) is 8.80. The molecule has 0 bridgehead atoms. The molecule has 10 rings (SSSR count). The largest absolute Gasteiger partial charge is 0.0619 e. The normalized spacial score (nSPS) is 13.3. The Morgan fingerprint density at radius 1 is 0.286 bits per heavy atom. The fourth-order valence-electron chi connectivity index (χ4n) is 8.80. The van der Waals surface area contributed by atoms with Gasteiger partial charge >= 0.3 is 0 Å².